The van der Waals surface area contributed by atoms with Crippen LogP contribution in [-0.2, 0) is 45.1 Å². The molecule has 18 nitrogen and oxygen atoms in total. The maximum atomic E-state index is 15.6. The highest BCUT2D eigenvalue weighted by atomic mass is 19.3. The Morgan fingerprint density at radius 1 is 0.900 bits per heavy atom. The summed E-state index contributed by atoms with van der Waals surface area (Å²) in [5, 5.41) is 16.9. The number of aromatic nitrogens is 7. The van der Waals surface area contributed by atoms with E-state index >= 15 is 13.2 Å². The Morgan fingerprint density at radius 3 is 2.47 bits per heavy atom. The fourth-order valence-corrected chi connectivity index (χ4v) is 11.2. The minimum atomic E-state index is -2.80. The van der Waals surface area contributed by atoms with Gasteiger partial charge in [0.2, 0.25) is 17.7 Å². The summed E-state index contributed by atoms with van der Waals surface area (Å²) in [6, 6.07) is 6.50. The number of amides is 5. The summed E-state index contributed by atoms with van der Waals surface area (Å²) in [7, 11) is 0. The molecule has 12 rings (SSSR count). The summed E-state index contributed by atoms with van der Waals surface area (Å²) in [4.78, 5) is 74.3. The van der Waals surface area contributed by atoms with Crippen molar-refractivity contribution in [3.05, 3.63) is 100 Å². The SMILES string of the molecule is CC(=O)N1CCc2c(c(N3CCCc4cc(-c5cn(Cc6cn(C7CN(c8cc9c(cc8F)C(=O)N(C8CCC(=O)NC8=O)C9=O)C7)nn6)c6ccncc56)c(C(F)F)cc43)nn2C2CCOCC2)C1. The molecule has 2 aromatic carbocycles. The second-order valence-corrected chi connectivity index (χ2v) is 19.0. The van der Waals surface area contributed by atoms with E-state index in [1.54, 1.807) is 41.2 Å². The second-order valence-electron chi connectivity index (χ2n) is 19.0. The Hall–Kier alpha value is -7.42. The van der Waals surface area contributed by atoms with Crippen molar-refractivity contribution in [3.63, 3.8) is 0 Å². The highest BCUT2D eigenvalue weighted by molar-refractivity contribution is 6.23. The molecule has 1 unspecified atom stereocenters. The Labute approximate surface area is 397 Å². The number of hydrogen-bond donors (Lipinski definition) is 1. The maximum Gasteiger partial charge on any atom is 0.264 e. The molecule has 3 fully saturated rings. The molecule has 1 N–H and O–H groups in total. The monoisotopic (exact) mass is 956 g/mol. The fraction of sp³-hybridized carbons (Fsp3) is 0.408. The lowest BCUT2D eigenvalue weighted by atomic mass is 9.91. The molecule has 10 heterocycles. The first-order valence-corrected chi connectivity index (χ1v) is 23.7. The van der Waals surface area contributed by atoms with Crippen LogP contribution >= 0.6 is 0 Å². The molecule has 0 saturated carbocycles. The van der Waals surface area contributed by atoms with Crippen molar-refractivity contribution in [3.8, 4) is 11.1 Å². The standard InChI is InChI=1S/C49H47F3N12O6/c1-26(65)58-12-7-40-37(25-58)46(56-64(40)29-8-13-70-14-9-29)61-11-2-3-27-15-31(32(45(51)52)17-42(27)61)36-24-59(39-6-10-53-19-35(36)39)20-28-21-62(57-55-28)30-22-60(23-30)43-18-34-33(16-38(43)50)48(68)63(49(34)69)41-4-5-44(66)54-47(41)67/h6,10,15-19,21,24,29-30,41,45H,2-5,7-9,11-14,20,22-23,25H2,1H3,(H,54,66,67). The van der Waals surface area contributed by atoms with Gasteiger partial charge in [0.25, 0.3) is 18.2 Å². The third-order valence-corrected chi connectivity index (χ3v) is 14.9. The van der Waals surface area contributed by atoms with E-state index in [0.717, 1.165) is 58.4 Å². The average molecular weight is 957 g/mol. The van der Waals surface area contributed by atoms with Crippen molar-refractivity contribution < 1.29 is 41.9 Å². The number of piperidine rings is 1. The van der Waals surface area contributed by atoms with E-state index in [0.29, 0.717) is 86.7 Å². The Balaban J connectivity index is 0.799. The van der Waals surface area contributed by atoms with Gasteiger partial charge in [0.05, 0.1) is 53.7 Å². The summed E-state index contributed by atoms with van der Waals surface area (Å²) >= 11 is 0. The van der Waals surface area contributed by atoms with Crippen LogP contribution in [0.3, 0.4) is 0 Å². The first-order valence-electron chi connectivity index (χ1n) is 23.7. The number of fused-ring (bicyclic) bond motifs is 4. The number of rotatable bonds is 9. The van der Waals surface area contributed by atoms with Crippen LogP contribution in [0.25, 0.3) is 22.0 Å². The molecule has 70 heavy (non-hydrogen) atoms. The zero-order valence-corrected chi connectivity index (χ0v) is 38.1. The van der Waals surface area contributed by atoms with Crippen molar-refractivity contribution in [2.75, 3.05) is 49.2 Å². The van der Waals surface area contributed by atoms with Gasteiger partial charge < -0.3 is 24.0 Å². The summed E-state index contributed by atoms with van der Waals surface area (Å²) in [6.07, 6.45) is 7.94. The molecule has 5 amide bonds. The summed E-state index contributed by atoms with van der Waals surface area (Å²) in [5.74, 6) is -2.73. The van der Waals surface area contributed by atoms with Crippen LogP contribution in [0.1, 0.15) is 106 Å². The van der Waals surface area contributed by atoms with Gasteiger partial charge in [-0.3, -0.25) is 43.9 Å². The zero-order chi connectivity index (χ0) is 48.1. The number of hydrogen-bond acceptors (Lipinski definition) is 12. The van der Waals surface area contributed by atoms with E-state index in [9.17, 15) is 24.0 Å². The topological polar surface area (TPSA) is 186 Å². The molecule has 4 aromatic heterocycles. The molecule has 0 spiro atoms. The number of nitrogens with zero attached hydrogens (tertiary/aromatic N) is 11. The summed E-state index contributed by atoms with van der Waals surface area (Å²) < 4.78 is 58.0. The van der Waals surface area contributed by atoms with E-state index in [1.807, 2.05) is 27.8 Å². The van der Waals surface area contributed by atoms with E-state index < -0.39 is 41.9 Å². The van der Waals surface area contributed by atoms with Crippen molar-refractivity contribution in [2.45, 2.75) is 89.5 Å². The molecule has 0 bridgehead atoms. The van der Waals surface area contributed by atoms with Crippen molar-refractivity contribution in [1.82, 2.24) is 49.4 Å². The first-order chi connectivity index (χ1) is 33.9. The molecule has 6 aliphatic rings. The smallest absolute Gasteiger partial charge is 0.264 e. The number of ether oxygens (including phenoxy) is 1. The minimum absolute atomic E-state index is 0.00974. The van der Waals surface area contributed by atoms with Gasteiger partial charge in [0.1, 0.15) is 17.6 Å². The number of pyridine rings is 1. The first kappa shape index (κ1) is 43.8. The Morgan fingerprint density at radius 2 is 1.70 bits per heavy atom. The van der Waals surface area contributed by atoms with Crippen LogP contribution in [0, 0.1) is 5.82 Å². The number of alkyl halides is 2. The molecule has 360 valence electrons. The van der Waals surface area contributed by atoms with Gasteiger partial charge in [0, 0.05) is 111 Å². The van der Waals surface area contributed by atoms with Gasteiger partial charge in [-0.1, -0.05) is 5.21 Å². The third kappa shape index (κ3) is 7.22. The molecule has 1 atom stereocenters. The number of halogens is 3. The lowest BCUT2D eigenvalue weighted by Crippen LogP contribution is -2.54. The van der Waals surface area contributed by atoms with E-state index in [-0.39, 0.29) is 59.8 Å². The molecule has 0 aliphatic carbocycles. The van der Waals surface area contributed by atoms with Crippen LogP contribution in [-0.4, -0.2) is 119 Å². The predicted molar refractivity (Wildman–Crippen MR) is 245 cm³/mol. The second kappa shape index (κ2) is 16.9. The van der Waals surface area contributed by atoms with Gasteiger partial charge >= 0.3 is 0 Å². The maximum absolute atomic E-state index is 15.6. The lowest BCUT2D eigenvalue weighted by molar-refractivity contribution is -0.136. The van der Waals surface area contributed by atoms with Crippen molar-refractivity contribution in [2.24, 2.45) is 0 Å². The van der Waals surface area contributed by atoms with Crippen LogP contribution in [0.2, 0.25) is 0 Å². The average Bonchev–Trinajstić information content (AvgIpc) is 4.11. The van der Waals surface area contributed by atoms with Gasteiger partial charge in [-0.2, -0.15) is 5.10 Å². The van der Waals surface area contributed by atoms with Crippen LogP contribution < -0.4 is 15.1 Å². The van der Waals surface area contributed by atoms with Gasteiger partial charge in [-0.15, -0.1) is 5.10 Å². The number of carbonyl (C=O) groups is 5. The molecular formula is C49H47F3N12O6. The quantitative estimate of drug-likeness (QED) is 0.182. The lowest BCUT2D eigenvalue weighted by Gasteiger charge is -2.40. The van der Waals surface area contributed by atoms with Gasteiger partial charge in [0.15, 0.2) is 5.82 Å². The summed E-state index contributed by atoms with van der Waals surface area (Å²) in [5.41, 5.74) is 5.93. The number of anilines is 3. The number of carbonyl (C=O) groups excluding carboxylic acids is 5. The molecule has 3 saturated heterocycles. The van der Waals surface area contributed by atoms with Gasteiger partial charge in [-0.05, 0) is 73.6 Å². The van der Waals surface area contributed by atoms with Crippen LogP contribution in [0.4, 0.5) is 30.4 Å². The van der Waals surface area contributed by atoms with E-state index in [1.165, 1.54) is 6.07 Å². The zero-order valence-electron chi connectivity index (χ0n) is 38.1. The molecule has 6 aliphatic heterocycles. The fourth-order valence-electron chi connectivity index (χ4n) is 11.2. The van der Waals surface area contributed by atoms with Gasteiger partial charge in [-0.25, -0.2) is 17.9 Å². The third-order valence-electron chi connectivity index (χ3n) is 14.9. The number of imide groups is 2. The van der Waals surface area contributed by atoms with Crippen LogP contribution in [0.5, 0.6) is 0 Å². The Bertz CT molecular complexity index is 3190. The molecular weight excluding hydrogens is 910 g/mol. The minimum Gasteiger partial charge on any atom is -0.381 e. The summed E-state index contributed by atoms with van der Waals surface area (Å²) in [6.45, 7) is 5.36. The number of nitrogens with one attached hydrogen (secondary N) is 1. The van der Waals surface area contributed by atoms with Crippen LogP contribution in [0.15, 0.2) is 55.1 Å². The normalized spacial score (nSPS) is 19.8. The molecule has 6 aromatic rings. The highest BCUT2D eigenvalue weighted by Crippen LogP contribution is 2.45. The largest absolute Gasteiger partial charge is 0.381 e. The van der Waals surface area contributed by atoms with E-state index in [4.69, 9.17) is 9.84 Å². The molecule has 0 radical (unpaired) electrons. The number of benzene rings is 2. The number of aryl methyl sites for hydroxylation is 1. The van der Waals surface area contributed by atoms with Crippen molar-refractivity contribution in [1.29, 1.82) is 0 Å². The van der Waals surface area contributed by atoms with E-state index in [2.05, 4.69) is 30.2 Å². The predicted octanol–water partition coefficient (Wildman–Crippen LogP) is 5.42. The Kier molecular flexibility index (Phi) is 10.6. The highest BCUT2D eigenvalue weighted by Gasteiger charge is 2.46. The molecule has 21 heteroatoms. The van der Waals surface area contributed by atoms with Crippen molar-refractivity contribution >= 4 is 57.6 Å².